The third kappa shape index (κ3) is 5.28. The zero-order chi connectivity index (χ0) is 25.8. The zero-order valence-electron chi connectivity index (χ0n) is 18.5. The van der Waals surface area contributed by atoms with E-state index in [4.69, 9.17) is 17.3 Å². The number of hydrogen-bond acceptors (Lipinski definition) is 5. The van der Waals surface area contributed by atoms with Crippen LogP contribution >= 0.6 is 11.6 Å². The molecule has 0 fully saturated rings. The summed E-state index contributed by atoms with van der Waals surface area (Å²) in [7, 11) is 0. The highest BCUT2D eigenvalue weighted by Gasteiger charge is 2.27. The number of ketones is 1. The first-order chi connectivity index (χ1) is 17.2. The Labute approximate surface area is 208 Å². The number of Topliss-reactive ketones (excluding diaryl/α,β-unsaturated/α-hetero) is 1. The van der Waals surface area contributed by atoms with E-state index in [1.54, 1.807) is 12.1 Å². The van der Waals surface area contributed by atoms with Gasteiger partial charge in [-0.2, -0.15) is 5.10 Å². The van der Waals surface area contributed by atoms with Crippen molar-refractivity contribution in [3.63, 3.8) is 0 Å². The van der Waals surface area contributed by atoms with Crippen molar-refractivity contribution < 1.29 is 23.2 Å². The number of carbonyl (C=O) groups excluding carboxylic acids is 3. The lowest BCUT2D eigenvalue weighted by molar-refractivity contribution is -0.137. The van der Waals surface area contributed by atoms with Gasteiger partial charge in [0.05, 0.1) is 16.3 Å². The number of pyridine rings is 1. The molecule has 2 aromatic heterocycles. The Bertz CT molecular complexity index is 1460. The second kappa shape index (κ2) is 10.4. The van der Waals surface area contributed by atoms with Crippen LogP contribution in [0, 0.1) is 11.6 Å². The Hall–Kier alpha value is -4.44. The second-order valence-corrected chi connectivity index (χ2v) is 8.08. The fourth-order valence-corrected chi connectivity index (χ4v) is 3.74. The van der Waals surface area contributed by atoms with E-state index in [-0.39, 0.29) is 22.8 Å². The van der Waals surface area contributed by atoms with E-state index in [1.807, 2.05) is 0 Å². The number of halogens is 3. The Morgan fingerprint density at radius 2 is 1.78 bits per heavy atom. The number of amides is 2. The van der Waals surface area contributed by atoms with Gasteiger partial charge >= 0.3 is 0 Å². The maximum absolute atomic E-state index is 13.9. The van der Waals surface area contributed by atoms with Crippen LogP contribution in [0.5, 0.6) is 0 Å². The molecule has 2 aromatic carbocycles. The number of hydrogen-bond donors (Lipinski definition) is 2. The Morgan fingerprint density at radius 1 is 1.03 bits per heavy atom. The zero-order valence-corrected chi connectivity index (χ0v) is 19.2. The minimum absolute atomic E-state index is 0.0406. The highest BCUT2D eigenvalue weighted by Crippen LogP contribution is 2.29. The molecule has 0 bridgehead atoms. The van der Waals surface area contributed by atoms with Gasteiger partial charge in [-0.1, -0.05) is 35.9 Å². The standard InChI is InChI=1S/C25H18ClF2N5O3/c26-21-16(3-1-5-18(21)28)19-10-12-33(32-19)24-17(4-2-11-30-24)25(36)31-20(22(34)23(29)35)13-14-6-8-15(27)9-7-14/h1-12,20H,13H2,(H2,29,35)(H,31,36). The molecule has 2 heterocycles. The normalized spacial score (nSPS) is 11.6. The molecule has 0 aliphatic carbocycles. The minimum atomic E-state index is -1.30. The predicted molar refractivity (Wildman–Crippen MR) is 127 cm³/mol. The summed E-state index contributed by atoms with van der Waals surface area (Å²) < 4.78 is 28.4. The summed E-state index contributed by atoms with van der Waals surface area (Å²) in [5, 5.41) is 6.77. The molecule has 0 spiro atoms. The van der Waals surface area contributed by atoms with Gasteiger partial charge in [0, 0.05) is 24.4 Å². The molecular weight excluding hydrogens is 492 g/mol. The van der Waals surface area contributed by atoms with Gasteiger partial charge in [0.2, 0.25) is 5.78 Å². The van der Waals surface area contributed by atoms with Crippen molar-refractivity contribution in [1.29, 1.82) is 0 Å². The molecule has 0 saturated carbocycles. The summed E-state index contributed by atoms with van der Waals surface area (Å²) in [6.07, 6.45) is 2.86. The van der Waals surface area contributed by atoms with Gasteiger partial charge in [-0.15, -0.1) is 0 Å². The number of carbonyl (C=O) groups is 3. The molecule has 0 aliphatic rings. The number of primary amides is 1. The van der Waals surface area contributed by atoms with Gasteiger partial charge < -0.3 is 11.1 Å². The number of rotatable bonds is 8. The maximum Gasteiger partial charge on any atom is 0.287 e. The first-order valence-electron chi connectivity index (χ1n) is 10.6. The number of benzene rings is 2. The van der Waals surface area contributed by atoms with E-state index in [0.29, 0.717) is 16.8 Å². The van der Waals surface area contributed by atoms with Crippen LogP contribution in [0.3, 0.4) is 0 Å². The van der Waals surface area contributed by atoms with Crippen LogP contribution in [0.15, 0.2) is 73.1 Å². The first-order valence-corrected chi connectivity index (χ1v) is 11.0. The summed E-state index contributed by atoms with van der Waals surface area (Å²) in [6.45, 7) is 0. The lowest BCUT2D eigenvalue weighted by Gasteiger charge is -2.17. The van der Waals surface area contributed by atoms with Crippen LogP contribution in [-0.4, -0.2) is 38.4 Å². The summed E-state index contributed by atoms with van der Waals surface area (Å²) in [5.74, 6) is -3.93. The first kappa shape index (κ1) is 24.7. The van der Waals surface area contributed by atoms with Crippen LogP contribution in [0.25, 0.3) is 17.1 Å². The molecule has 0 saturated heterocycles. The summed E-state index contributed by atoms with van der Waals surface area (Å²) in [4.78, 5) is 41.4. The SMILES string of the molecule is NC(=O)C(=O)C(Cc1ccc(F)cc1)NC(=O)c1cccnc1-n1ccc(-c2cccc(F)c2Cl)n1. The summed E-state index contributed by atoms with van der Waals surface area (Å²) in [6, 6.07) is 12.8. The van der Waals surface area contributed by atoms with Crippen molar-refractivity contribution in [3.8, 4) is 17.1 Å². The molecule has 1 unspecified atom stereocenters. The summed E-state index contributed by atoms with van der Waals surface area (Å²) >= 11 is 6.06. The number of nitrogens with one attached hydrogen (secondary N) is 1. The average molecular weight is 510 g/mol. The number of nitrogens with two attached hydrogens (primary N) is 1. The largest absolute Gasteiger partial charge is 0.363 e. The molecule has 8 nitrogen and oxygen atoms in total. The number of nitrogens with zero attached hydrogens (tertiary/aromatic N) is 3. The number of aromatic nitrogens is 3. The molecule has 182 valence electrons. The quantitative estimate of drug-likeness (QED) is 0.353. The van der Waals surface area contributed by atoms with Crippen molar-refractivity contribution >= 4 is 29.2 Å². The fourth-order valence-electron chi connectivity index (χ4n) is 3.52. The van der Waals surface area contributed by atoms with Gasteiger partial charge in [0.15, 0.2) is 5.82 Å². The smallest absolute Gasteiger partial charge is 0.287 e. The lowest BCUT2D eigenvalue weighted by atomic mass is 10.0. The van der Waals surface area contributed by atoms with Gasteiger partial charge in [-0.05, 0) is 42.0 Å². The molecule has 3 N–H and O–H groups in total. The van der Waals surface area contributed by atoms with Crippen LogP contribution in [0.1, 0.15) is 15.9 Å². The molecule has 2 amide bonds. The van der Waals surface area contributed by atoms with Crippen molar-refractivity contribution in [2.45, 2.75) is 12.5 Å². The van der Waals surface area contributed by atoms with E-state index in [1.165, 1.54) is 65.6 Å². The van der Waals surface area contributed by atoms with E-state index in [0.717, 1.165) is 0 Å². The van der Waals surface area contributed by atoms with Gasteiger partial charge in [-0.3, -0.25) is 14.4 Å². The van der Waals surface area contributed by atoms with E-state index in [9.17, 15) is 23.2 Å². The monoisotopic (exact) mass is 509 g/mol. The van der Waals surface area contributed by atoms with Crippen molar-refractivity contribution in [2.24, 2.45) is 5.73 Å². The van der Waals surface area contributed by atoms with Crippen molar-refractivity contribution in [3.05, 3.63) is 101 Å². The molecule has 0 radical (unpaired) electrons. The van der Waals surface area contributed by atoms with Crippen LogP contribution in [-0.2, 0) is 16.0 Å². The Kier molecular flexibility index (Phi) is 7.16. The molecule has 36 heavy (non-hydrogen) atoms. The third-order valence-electron chi connectivity index (χ3n) is 5.28. The highest BCUT2D eigenvalue weighted by atomic mass is 35.5. The lowest BCUT2D eigenvalue weighted by Crippen LogP contribution is -2.47. The second-order valence-electron chi connectivity index (χ2n) is 7.71. The molecular formula is C25H18ClF2N5O3. The Balaban J connectivity index is 1.63. The predicted octanol–water partition coefficient (Wildman–Crippen LogP) is 3.26. The van der Waals surface area contributed by atoms with Crippen LogP contribution < -0.4 is 11.1 Å². The molecule has 11 heteroatoms. The minimum Gasteiger partial charge on any atom is -0.363 e. The van der Waals surface area contributed by atoms with E-state index >= 15 is 0 Å². The Morgan fingerprint density at radius 3 is 2.50 bits per heavy atom. The maximum atomic E-state index is 13.9. The van der Waals surface area contributed by atoms with Crippen LogP contribution in [0.2, 0.25) is 5.02 Å². The molecule has 4 rings (SSSR count). The average Bonchev–Trinajstić information content (AvgIpc) is 3.36. The van der Waals surface area contributed by atoms with Gasteiger partial charge in [0.1, 0.15) is 17.7 Å². The molecule has 4 aromatic rings. The highest BCUT2D eigenvalue weighted by molar-refractivity contribution is 6.38. The van der Waals surface area contributed by atoms with Crippen molar-refractivity contribution in [1.82, 2.24) is 20.1 Å². The molecule has 0 aliphatic heterocycles. The van der Waals surface area contributed by atoms with E-state index < -0.39 is 35.3 Å². The topological polar surface area (TPSA) is 120 Å². The van der Waals surface area contributed by atoms with Gasteiger partial charge in [0.25, 0.3) is 11.8 Å². The van der Waals surface area contributed by atoms with E-state index in [2.05, 4.69) is 15.4 Å². The van der Waals surface area contributed by atoms with Crippen LogP contribution in [0.4, 0.5) is 8.78 Å². The van der Waals surface area contributed by atoms with Gasteiger partial charge in [-0.25, -0.2) is 18.4 Å². The molecule has 1 atom stereocenters. The third-order valence-corrected chi connectivity index (χ3v) is 5.67. The summed E-state index contributed by atoms with van der Waals surface area (Å²) in [5.41, 5.74) is 6.41. The fraction of sp³-hybridized carbons (Fsp3) is 0.0800. The van der Waals surface area contributed by atoms with Crippen molar-refractivity contribution in [2.75, 3.05) is 0 Å².